The SMILES string of the molecule is CCCCCCCCCCCCCCCCCCCCCCNC(=O)C(C)O. The maximum atomic E-state index is 11.2. The molecule has 0 aromatic carbocycles. The molecule has 0 spiro atoms. The van der Waals surface area contributed by atoms with Gasteiger partial charge in [-0.15, -0.1) is 0 Å². The maximum Gasteiger partial charge on any atom is 0.248 e. The smallest absolute Gasteiger partial charge is 0.248 e. The first-order chi connectivity index (χ1) is 13.7. The molecule has 0 radical (unpaired) electrons. The first kappa shape index (κ1) is 27.4. The van der Waals surface area contributed by atoms with Gasteiger partial charge in [-0.05, 0) is 13.3 Å². The van der Waals surface area contributed by atoms with E-state index in [9.17, 15) is 4.79 Å². The minimum absolute atomic E-state index is 0.252. The monoisotopic (exact) mass is 397 g/mol. The molecule has 0 aliphatic heterocycles. The van der Waals surface area contributed by atoms with Crippen molar-refractivity contribution in [2.75, 3.05) is 6.54 Å². The van der Waals surface area contributed by atoms with E-state index in [4.69, 9.17) is 5.11 Å². The van der Waals surface area contributed by atoms with Gasteiger partial charge in [0.05, 0.1) is 0 Å². The summed E-state index contributed by atoms with van der Waals surface area (Å²) in [5.41, 5.74) is 0. The van der Waals surface area contributed by atoms with Gasteiger partial charge in [-0.2, -0.15) is 0 Å². The Morgan fingerprint density at radius 3 is 1.18 bits per heavy atom. The first-order valence-electron chi connectivity index (χ1n) is 12.6. The molecule has 3 nitrogen and oxygen atoms in total. The number of hydrogen-bond donors (Lipinski definition) is 2. The Hall–Kier alpha value is -0.570. The van der Waals surface area contributed by atoms with Gasteiger partial charge in [-0.25, -0.2) is 0 Å². The molecule has 3 heteroatoms. The molecule has 0 bridgehead atoms. The molecular weight excluding hydrogens is 346 g/mol. The number of aliphatic hydroxyl groups excluding tert-OH is 1. The van der Waals surface area contributed by atoms with Crippen LogP contribution in [0.3, 0.4) is 0 Å². The molecule has 0 aromatic heterocycles. The van der Waals surface area contributed by atoms with Gasteiger partial charge in [0.1, 0.15) is 6.10 Å². The lowest BCUT2D eigenvalue weighted by Crippen LogP contribution is -2.33. The standard InChI is InChI=1S/C25H51NO2/c1-3-4-5-6-7-8-9-10-11-12-13-14-15-16-17-18-19-20-21-22-23-26-25(28)24(2)27/h24,27H,3-23H2,1-2H3,(H,26,28). The summed E-state index contributed by atoms with van der Waals surface area (Å²) in [5, 5.41) is 11.8. The van der Waals surface area contributed by atoms with Crippen LogP contribution >= 0.6 is 0 Å². The largest absolute Gasteiger partial charge is 0.384 e. The zero-order valence-electron chi connectivity index (χ0n) is 19.3. The number of carbonyl (C=O) groups excluding carboxylic acids is 1. The molecule has 0 saturated heterocycles. The van der Waals surface area contributed by atoms with Gasteiger partial charge in [-0.3, -0.25) is 4.79 Å². The van der Waals surface area contributed by atoms with E-state index in [1.165, 1.54) is 129 Å². The van der Waals surface area contributed by atoms with Crippen molar-refractivity contribution in [3.63, 3.8) is 0 Å². The minimum atomic E-state index is -0.884. The van der Waals surface area contributed by atoms with Gasteiger partial charge in [0.2, 0.25) is 5.91 Å². The second-order valence-corrected chi connectivity index (χ2v) is 8.68. The molecule has 1 amide bonds. The Bertz CT molecular complexity index is 318. The number of aliphatic hydroxyl groups is 1. The van der Waals surface area contributed by atoms with Crippen LogP contribution in [0.25, 0.3) is 0 Å². The highest BCUT2D eigenvalue weighted by Gasteiger charge is 2.06. The first-order valence-corrected chi connectivity index (χ1v) is 12.6. The van der Waals surface area contributed by atoms with E-state index in [1.54, 1.807) is 0 Å². The minimum Gasteiger partial charge on any atom is -0.384 e. The van der Waals surface area contributed by atoms with Crippen LogP contribution in [-0.2, 0) is 4.79 Å². The van der Waals surface area contributed by atoms with Crippen molar-refractivity contribution >= 4 is 5.91 Å². The van der Waals surface area contributed by atoms with Crippen molar-refractivity contribution in [2.24, 2.45) is 0 Å². The fraction of sp³-hybridized carbons (Fsp3) is 0.960. The topological polar surface area (TPSA) is 49.3 Å². The zero-order valence-corrected chi connectivity index (χ0v) is 19.3. The second kappa shape index (κ2) is 22.7. The number of unbranched alkanes of at least 4 members (excludes halogenated alkanes) is 19. The summed E-state index contributed by atoms with van der Waals surface area (Å²) in [6.45, 7) is 4.49. The van der Waals surface area contributed by atoms with Crippen molar-refractivity contribution in [2.45, 2.75) is 148 Å². The van der Waals surface area contributed by atoms with Gasteiger partial charge in [0.15, 0.2) is 0 Å². The van der Waals surface area contributed by atoms with Crippen molar-refractivity contribution in [3.05, 3.63) is 0 Å². The third kappa shape index (κ3) is 21.7. The van der Waals surface area contributed by atoms with Gasteiger partial charge in [0.25, 0.3) is 0 Å². The van der Waals surface area contributed by atoms with Gasteiger partial charge in [0, 0.05) is 6.54 Å². The zero-order chi connectivity index (χ0) is 20.7. The average molecular weight is 398 g/mol. The number of nitrogens with one attached hydrogen (secondary N) is 1. The van der Waals surface area contributed by atoms with Gasteiger partial charge < -0.3 is 10.4 Å². The number of hydrogen-bond acceptors (Lipinski definition) is 2. The predicted molar refractivity (Wildman–Crippen MR) is 123 cm³/mol. The lowest BCUT2D eigenvalue weighted by atomic mass is 10.0. The van der Waals surface area contributed by atoms with Crippen molar-refractivity contribution in [3.8, 4) is 0 Å². The summed E-state index contributed by atoms with van der Waals surface area (Å²) in [5.74, 6) is -0.252. The highest BCUT2D eigenvalue weighted by Crippen LogP contribution is 2.14. The van der Waals surface area contributed by atoms with E-state index >= 15 is 0 Å². The molecule has 0 aliphatic rings. The Morgan fingerprint density at radius 1 is 0.607 bits per heavy atom. The highest BCUT2D eigenvalue weighted by atomic mass is 16.3. The van der Waals surface area contributed by atoms with Gasteiger partial charge in [-0.1, -0.05) is 129 Å². The van der Waals surface area contributed by atoms with E-state index in [0.29, 0.717) is 6.54 Å². The fourth-order valence-electron chi connectivity index (χ4n) is 3.74. The van der Waals surface area contributed by atoms with Crippen LogP contribution in [0.5, 0.6) is 0 Å². The number of rotatable bonds is 22. The second-order valence-electron chi connectivity index (χ2n) is 8.68. The van der Waals surface area contributed by atoms with Crippen molar-refractivity contribution in [1.82, 2.24) is 5.32 Å². The van der Waals surface area contributed by atoms with Gasteiger partial charge >= 0.3 is 0 Å². The molecule has 168 valence electrons. The van der Waals surface area contributed by atoms with Crippen molar-refractivity contribution in [1.29, 1.82) is 0 Å². The van der Waals surface area contributed by atoms with Crippen LogP contribution in [0.15, 0.2) is 0 Å². The normalized spacial score (nSPS) is 12.2. The molecule has 2 N–H and O–H groups in total. The van der Waals surface area contributed by atoms with Crippen LogP contribution < -0.4 is 5.32 Å². The Morgan fingerprint density at radius 2 is 0.893 bits per heavy atom. The molecule has 0 saturated carbocycles. The molecule has 0 aromatic rings. The maximum absolute atomic E-state index is 11.2. The quantitative estimate of drug-likeness (QED) is 0.188. The molecule has 1 unspecified atom stereocenters. The molecule has 28 heavy (non-hydrogen) atoms. The summed E-state index contributed by atoms with van der Waals surface area (Å²) in [6, 6.07) is 0. The Kier molecular flexibility index (Phi) is 22.3. The predicted octanol–water partition coefficient (Wildman–Crippen LogP) is 7.31. The van der Waals surface area contributed by atoms with E-state index in [1.807, 2.05) is 0 Å². The van der Waals surface area contributed by atoms with Crippen LogP contribution in [-0.4, -0.2) is 23.7 Å². The van der Waals surface area contributed by atoms with Crippen LogP contribution in [0.4, 0.5) is 0 Å². The van der Waals surface area contributed by atoms with Crippen LogP contribution in [0.2, 0.25) is 0 Å². The molecule has 0 heterocycles. The highest BCUT2D eigenvalue weighted by molar-refractivity contribution is 5.79. The molecule has 1 atom stereocenters. The average Bonchev–Trinajstić information content (AvgIpc) is 2.68. The fourth-order valence-corrected chi connectivity index (χ4v) is 3.74. The number of amides is 1. The van der Waals surface area contributed by atoms with Crippen molar-refractivity contribution < 1.29 is 9.90 Å². The summed E-state index contributed by atoms with van der Waals surface area (Å²) in [7, 11) is 0. The summed E-state index contributed by atoms with van der Waals surface area (Å²) < 4.78 is 0. The Balaban J connectivity index is 3.04. The van der Waals surface area contributed by atoms with E-state index in [2.05, 4.69) is 12.2 Å². The lowest BCUT2D eigenvalue weighted by molar-refractivity contribution is -0.128. The third-order valence-corrected chi connectivity index (χ3v) is 5.71. The van der Waals surface area contributed by atoms with E-state index < -0.39 is 6.10 Å². The molecule has 0 rings (SSSR count). The summed E-state index contributed by atoms with van der Waals surface area (Å²) in [4.78, 5) is 11.2. The van der Waals surface area contributed by atoms with E-state index in [0.717, 1.165) is 6.42 Å². The van der Waals surface area contributed by atoms with Crippen LogP contribution in [0, 0.1) is 0 Å². The molecule has 0 fully saturated rings. The summed E-state index contributed by atoms with van der Waals surface area (Å²) >= 11 is 0. The lowest BCUT2D eigenvalue weighted by Gasteiger charge is -2.06. The number of carbonyl (C=O) groups is 1. The van der Waals surface area contributed by atoms with Crippen LogP contribution in [0.1, 0.15) is 142 Å². The third-order valence-electron chi connectivity index (χ3n) is 5.71. The molecular formula is C25H51NO2. The Labute approximate surface area is 176 Å². The molecule has 0 aliphatic carbocycles. The van der Waals surface area contributed by atoms with E-state index in [-0.39, 0.29) is 5.91 Å². The summed E-state index contributed by atoms with van der Waals surface area (Å²) in [6.07, 6.45) is 26.8.